The second-order valence-electron chi connectivity index (χ2n) is 2.13. The van der Waals surface area contributed by atoms with Gasteiger partial charge in [0.15, 0.2) is 0 Å². The molecular weight excluding hydrogens is 192 g/mol. The predicted octanol–water partition coefficient (Wildman–Crippen LogP) is 3.19. The molecule has 0 saturated carbocycles. The molecule has 0 unspecified atom stereocenters. The summed E-state index contributed by atoms with van der Waals surface area (Å²) in [4.78, 5) is -0.281. The van der Waals surface area contributed by atoms with E-state index < -0.39 is 23.6 Å². The maximum Gasteiger partial charge on any atom is 0.266 e. The van der Waals surface area contributed by atoms with Crippen molar-refractivity contribution in [1.82, 2.24) is 0 Å². The highest BCUT2D eigenvalue weighted by atomic mass is 32.1. The van der Waals surface area contributed by atoms with Gasteiger partial charge in [-0.05, 0) is 12.1 Å². The van der Waals surface area contributed by atoms with Crippen molar-refractivity contribution < 1.29 is 17.6 Å². The van der Waals surface area contributed by atoms with Crippen LogP contribution >= 0.6 is 12.6 Å². The molecule has 0 radical (unpaired) electrons. The molecule has 1 rings (SSSR count). The molecule has 1 aromatic rings. The van der Waals surface area contributed by atoms with E-state index in [-0.39, 0.29) is 4.90 Å². The minimum absolute atomic E-state index is 0.281. The molecule has 0 aliphatic heterocycles. The zero-order chi connectivity index (χ0) is 9.30. The number of rotatable bonds is 1. The number of hydrogen-bond donors (Lipinski definition) is 1. The number of halogens is 4. The first-order chi connectivity index (χ1) is 5.52. The third kappa shape index (κ3) is 1.72. The second-order valence-corrected chi connectivity index (χ2v) is 2.61. The minimum atomic E-state index is -3.01. The van der Waals surface area contributed by atoms with Crippen LogP contribution < -0.4 is 0 Å². The summed E-state index contributed by atoms with van der Waals surface area (Å²) in [6, 6.07) is 1.07. The molecule has 0 saturated heterocycles. The second kappa shape index (κ2) is 3.35. The van der Waals surface area contributed by atoms with Crippen molar-refractivity contribution in [1.29, 1.82) is 0 Å². The van der Waals surface area contributed by atoms with Crippen molar-refractivity contribution in [2.75, 3.05) is 0 Å². The summed E-state index contributed by atoms with van der Waals surface area (Å²) in [5.74, 6) is -2.09. The van der Waals surface area contributed by atoms with E-state index in [0.29, 0.717) is 12.1 Å². The number of thiol groups is 1. The molecule has 0 heterocycles. The lowest BCUT2D eigenvalue weighted by atomic mass is 10.2. The van der Waals surface area contributed by atoms with E-state index in [4.69, 9.17) is 0 Å². The molecule has 0 nitrogen and oxygen atoms in total. The molecule has 0 aliphatic carbocycles. The zero-order valence-electron chi connectivity index (χ0n) is 5.69. The zero-order valence-corrected chi connectivity index (χ0v) is 6.59. The van der Waals surface area contributed by atoms with E-state index in [1.165, 1.54) is 0 Å². The highest BCUT2D eigenvalue weighted by molar-refractivity contribution is 7.80. The Hall–Kier alpha value is -0.710. The van der Waals surface area contributed by atoms with Gasteiger partial charge >= 0.3 is 0 Å². The molecule has 5 heteroatoms. The Morgan fingerprint density at radius 1 is 1.08 bits per heavy atom. The lowest BCUT2D eigenvalue weighted by Gasteiger charge is -2.02. The van der Waals surface area contributed by atoms with Gasteiger partial charge in [-0.25, -0.2) is 17.6 Å². The van der Waals surface area contributed by atoms with Gasteiger partial charge in [0, 0.05) is 4.90 Å². The smallest absolute Gasteiger partial charge is 0.206 e. The van der Waals surface area contributed by atoms with E-state index in [0.717, 1.165) is 0 Å². The van der Waals surface area contributed by atoms with E-state index >= 15 is 0 Å². The molecule has 66 valence electrons. The van der Waals surface area contributed by atoms with Crippen molar-refractivity contribution in [3.05, 3.63) is 29.3 Å². The Bertz CT molecular complexity index is 298. The molecule has 0 atom stereocenters. The fourth-order valence-electron chi connectivity index (χ4n) is 0.719. The third-order valence-electron chi connectivity index (χ3n) is 1.30. The van der Waals surface area contributed by atoms with Gasteiger partial charge in [0.05, 0.1) is 5.56 Å². The normalized spacial score (nSPS) is 10.8. The fourth-order valence-corrected chi connectivity index (χ4v) is 0.897. The predicted molar refractivity (Wildman–Crippen MR) is 38.6 cm³/mol. The molecule has 0 N–H and O–H groups in total. The molecule has 0 aromatic heterocycles. The summed E-state index contributed by atoms with van der Waals surface area (Å²) in [5.41, 5.74) is -0.940. The Labute approximate surface area is 71.6 Å². The van der Waals surface area contributed by atoms with Crippen LogP contribution in [0.1, 0.15) is 12.0 Å². The van der Waals surface area contributed by atoms with Crippen molar-refractivity contribution >= 4 is 12.6 Å². The van der Waals surface area contributed by atoms with Crippen LogP contribution in [0.4, 0.5) is 17.6 Å². The van der Waals surface area contributed by atoms with Gasteiger partial charge in [-0.2, -0.15) is 0 Å². The molecule has 0 fully saturated rings. The van der Waals surface area contributed by atoms with Crippen LogP contribution in [0.2, 0.25) is 0 Å². The standard InChI is InChI=1S/C7H4F4S/c8-4-2-6(12)5(9)1-3(4)7(10)11/h1-2,7,12H. The van der Waals surface area contributed by atoms with Crippen molar-refractivity contribution in [3.8, 4) is 0 Å². The van der Waals surface area contributed by atoms with Crippen LogP contribution in [0.5, 0.6) is 0 Å². The van der Waals surface area contributed by atoms with Gasteiger partial charge in [0.1, 0.15) is 11.6 Å². The van der Waals surface area contributed by atoms with Crippen molar-refractivity contribution in [3.63, 3.8) is 0 Å². The van der Waals surface area contributed by atoms with Crippen LogP contribution in [-0.4, -0.2) is 0 Å². The fraction of sp³-hybridized carbons (Fsp3) is 0.143. The summed E-state index contributed by atoms with van der Waals surface area (Å²) in [6.45, 7) is 0. The molecule has 0 bridgehead atoms. The Kier molecular flexibility index (Phi) is 2.62. The largest absolute Gasteiger partial charge is 0.266 e. The van der Waals surface area contributed by atoms with Crippen molar-refractivity contribution in [2.24, 2.45) is 0 Å². The highest BCUT2D eigenvalue weighted by Gasteiger charge is 2.15. The lowest BCUT2D eigenvalue weighted by Crippen LogP contribution is -1.93. The van der Waals surface area contributed by atoms with Gasteiger partial charge in [0.25, 0.3) is 6.43 Å². The van der Waals surface area contributed by atoms with Gasteiger partial charge in [-0.3, -0.25) is 0 Å². The minimum Gasteiger partial charge on any atom is -0.206 e. The van der Waals surface area contributed by atoms with E-state index in [1.54, 1.807) is 0 Å². The van der Waals surface area contributed by atoms with Crippen LogP contribution in [0, 0.1) is 11.6 Å². The molecular formula is C7H4F4S. The Balaban J connectivity index is 3.23. The summed E-state index contributed by atoms with van der Waals surface area (Å²) >= 11 is 3.52. The maximum atomic E-state index is 12.6. The van der Waals surface area contributed by atoms with Crippen LogP contribution in [0.15, 0.2) is 17.0 Å². The van der Waals surface area contributed by atoms with Gasteiger partial charge in [0.2, 0.25) is 0 Å². The van der Waals surface area contributed by atoms with Crippen LogP contribution in [-0.2, 0) is 0 Å². The SMILES string of the molecule is Fc1cc(C(F)F)c(F)cc1S. The maximum absolute atomic E-state index is 12.6. The van der Waals surface area contributed by atoms with Gasteiger partial charge in [-0.1, -0.05) is 0 Å². The Morgan fingerprint density at radius 2 is 1.67 bits per heavy atom. The van der Waals surface area contributed by atoms with E-state index in [1.807, 2.05) is 0 Å². The van der Waals surface area contributed by atoms with E-state index in [2.05, 4.69) is 12.6 Å². The summed E-state index contributed by atoms with van der Waals surface area (Å²) in [7, 11) is 0. The van der Waals surface area contributed by atoms with Crippen LogP contribution in [0.3, 0.4) is 0 Å². The quantitative estimate of drug-likeness (QED) is 0.517. The molecule has 0 aliphatic rings. The van der Waals surface area contributed by atoms with Crippen LogP contribution in [0.25, 0.3) is 0 Å². The Morgan fingerprint density at radius 3 is 2.17 bits per heavy atom. The highest BCUT2D eigenvalue weighted by Crippen LogP contribution is 2.25. The van der Waals surface area contributed by atoms with E-state index in [9.17, 15) is 17.6 Å². The van der Waals surface area contributed by atoms with Crippen molar-refractivity contribution in [2.45, 2.75) is 11.3 Å². The number of hydrogen-bond acceptors (Lipinski definition) is 1. The third-order valence-corrected chi connectivity index (χ3v) is 1.64. The first-order valence-corrected chi connectivity index (χ1v) is 3.43. The topological polar surface area (TPSA) is 0 Å². The molecule has 0 amide bonds. The molecule has 0 spiro atoms. The molecule has 1 aromatic carbocycles. The average molecular weight is 196 g/mol. The molecule has 12 heavy (non-hydrogen) atoms. The van der Waals surface area contributed by atoms with Gasteiger partial charge < -0.3 is 0 Å². The lowest BCUT2D eigenvalue weighted by molar-refractivity contribution is 0.145. The average Bonchev–Trinajstić information content (AvgIpc) is 1.96. The summed E-state index contributed by atoms with van der Waals surface area (Å²) in [6.07, 6.45) is -3.01. The summed E-state index contributed by atoms with van der Waals surface area (Å²) < 4.78 is 48.9. The van der Waals surface area contributed by atoms with Gasteiger partial charge in [-0.15, -0.1) is 12.6 Å². The summed E-state index contributed by atoms with van der Waals surface area (Å²) in [5, 5.41) is 0. The number of alkyl halides is 2. The first-order valence-electron chi connectivity index (χ1n) is 2.98. The monoisotopic (exact) mass is 196 g/mol. The number of benzene rings is 1. The first kappa shape index (κ1) is 9.38.